The number of fused-ring (bicyclic) bond motifs is 5. The van der Waals surface area contributed by atoms with Crippen LogP contribution >= 0.6 is 21.6 Å². The average molecular weight is 1420 g/mol. The van der Waals surface area contributed by atoms with Crippen LogP contribution in [-0.2, 0) is 49.5 Å². The highest BCUT2D eigenvalue weighted by Gasteiger charge is 2.42. The number of aryl methyl sites for hydroxylation is 1. The van der Waals surface area contributed by atoms with Crippen LogP contribution in [0.3, 0.4) is 0 Å². The van der Waals surface area contributed by atoms with Crippen molar-refractivity contribution >= 4 is 75.0 Å². The topological polar surface area (TPSA) is 432 Å². The van der Waals surface area contributed by atoms with Gasteiger partial charge in [-0.3, -0.25) is 24.0 Å². The molecule has 1 aromatic heterocycles. The molecule has 26 nitrogen and oxygen atoms in total. The number of carboxylic acids is 4. The van der Waals surface area contributed by atoms with Gasteiger partial charge >= 0.3 is 48.6 Å². The molecule has 6 rings (SSSR count). The van der Waals surface area contributed by atoms with Crippen molar-refractivity contribution in [1.82, 2.24) is 36.1 Å². The third kappa shape index (κ3) is 25.5. The van der Waals surface area contributed by atoms with Crippen molar-refractivity contribution in [2.75, 3.05) is 52.7 Å². The normalized spacial score (nSPS) is 16.0. The summed E-state index contributed by atoms with van der Waals surface area (Å²) in [6.07, 6.45) is -13.4. The first-order chi connectivity index (χ1) is 44.5. The molecular weight excluding hydrogens is 1360 g/mol. The van der Waals surface area contributed by atoms with Gasteiger partial charge in [-0.25, -0.2) is 29.1 Å². The molecule has 4 atom stereocenters. The lowest BCUT2D eigenvalue weighted by molar-refractivity contribution is -0.193. The zero-order valence-electron chi connectivity index (χ0n) is 50.6. The van der Waals surface area contributed by atoms with Crippen molar-refractivity contribution in [2.45, 2.75) is 99.6 Å². The van der Waals surface area contributed by atoms with Crippen LogP contribution in [-0.4, -0.2) is 184 Å². The molecule has 0 spiro atoms. The molecule has 1 aliphatic heterocycles. The van der Waals surface area contributed by atoms with E-state index in [1.54, 1.807) is 54.1 Å². The van der Waals surface area contributed by atoms with Crippen molar-refractivity contribution in [3.8, 4) is 40.1 Å². The summed E-state index contributed by atoms with van der Waals surface area (Å²) in [5.74, 6) is -13.2. The number of benzene rings is 3. The molecule has 0 radical (unpaired) electrons. The van der Waals surface area contributed by atoms with Crippen LogP contribution in [0.15, 0.2) is 66.9 Å². The Morgan fingerprint density at radius 2 is 1.24 bits per heavy atom. The van der Waals surface area contributed by atoms with Gasteiger partial charge in [-0.2, -0.15) is 57.9 Å². The number of nitrogens with zero attached hydrogens (tertiary/aromatic N) is 4. The highest BCUT2D eigenvalue weighted by Crippen LogP contribution is 2.56. The summed E-state index contributed by atoms with van der Waals surface area (Å²) in [6.45, 7) is 3.51. The van der Waals surface area contributed by atoms with Crippen LogP contribution < -0.4 is 47.9 Å². The number of hydrogen-bond donors (Lipinski definition) is 11. The second-order valence-corrected chi connectivity index (χ2v) is 22.5. The highest BCUT2D eigenvalue weighted by atomic mass is 33.1. The van der Waals surface area contributed by atoms with Crippen LogP contribution in [0.4, 0.5) is 52.7 Å². The lowest BCUT2D eigenvalue weighted by atomic mass is 9.78. The van der Waals surface area contributed by atoms with Gasteiger partial charge in [0.1, 0.15) is 55.4 Å². The number of nitrogens with one attached hydrogen (secondary N) is 4. The van der Waals surface area contributed by atoms with Crippen molar-refractivity contribution in [2.24, 2.45) is 17.2 Å². The SMILES string of the molecule is CSSC1(c2ccc(-c3ncc(C(=O)N[C@@H](CCN)C(=O)N(C)[C@@H]4C(=O)N[C@@H](C)C(=O)N[C@H](C(=O)NCC#N)Cc5ccc(OCCN)c(c5)-c5cc4ccc5OCCN)c(C)n3)cc2)CCC1.O=C(O)C(F)(F)F.O=C(O)C(F)(F)F.O=C(O)C(F)(F)F.O=C(O)C(F)(F)F. The van der Waals surface area contributed by atoms with E-state index in [1.165, 1.54) is 37.1 Å². The molecule has 0 saturated heterocycles. The number of aliphatic carboxylic acids is 4. The average Bonchev–Trinajstić information content (AvgIpc) is 0.787. The van der Waals surface area contributed by atoms with E-state index in [0.717, 1.165) is 18.4 Å². The molecule has 14 N–H and O–H groups in total. The number of carbonyl (C=O) groups is 9. The minimum absolute atomic E-state index is 0.00208. The summed E-state index contributed by atoms with van der Waals surface area (Å²) in [5, 5.41) is 48.4. The second kappa shape index (κ2) is 37.2. The lowest BCUT2D eigenvalue weighted by Gasteiger charge is -2.41. The number of carboxylic acid groups (broad SMARTS) is 4. The van der Waals surface area contributed by atoms with E-state index in [-0.39, 0.29) is 62.5 Å². The third-order valence-electron chi connectivity index (χ3n) is 12.9. The number of ether oxygens (including phenoxy) is 2. The molecule has 4 aromatic rings. The van der Waals surface area contributed by atoms with Gasteiger partial charge in [-0.05, 0) is 93.3 Å². The van der Waals surface area contributed by atoms with E-state index in [1.807, 2.05) is 29.0 Å². The van der Waals surface area contributed by atoms with Gasteiger partial charge in [0.25, 0.3) is 5.91 Å². The Labute approximate surface area is 544 Å². The maximum Gasteiger partial charge on any atom is 0.490 e. The fraction of sp³-hybridized carbons (Fsp3) is 0.429. The Kier molecular flexibility index (Phi) is 32.1. The molecular formula is C56H63F12N11O15S2. The van der Waals surface area contributed by atoms with Crippen molar-refractivity contribution in [3.63, 3.8) is 0 Å². The fourth-order valence-electron chi connectivity index (χ4n) is 8.20. The number of rotatable bonds is 18. The summed E-state index contributed by atoms with van der Waals surface area (Å²) in [4.78, 5) is 116. The molecule has 2 aliphatic rings. The summed E-state index contributed by atoms with van der Waals surface area (Å²) < 4.78 is 139. The van der Waals surface area contributed by atoms with Crippen LogP contribution in [0.1, 0.15) is 71.4 Å². The Morgan fingerprint density at radius 3 is 1.67 bits per heavy atom. The van der Waals surface area contributed by atoms with Gasteiger partial charge in [-0.1, -0.05) is 58.0 Å². The Morgan fingerprint density at radius 1 is 0.750 bits per heavy atom. The Balaban J connectivity index is 0.000000930. The molecule has 4 bridgehead atoms. The second-order valence-electron chi connectivity index (χ2n) is 19.8. The number of hydrogen-bond acceptors (Lipinski definition) is 19. The van der Waals surface area contributed by atoms with Gasteiger partial charge in [-0.15, -0.1) is 0 Å². The number of aromatic nitrogens is 2. The van der Waals surface area contributed by atoms with Gasteiger partial charge in [0.2, 0.25) is 23.6 Å². The molecule has 5 amide bonds. The van der Waals surface area contributed by atoms with E-state index in [2.05, 4.69) is 49.6 Å². The molecule has 40 heteroatoms. The highest BCUT2D eigenvalue weighted by molar-refractivity contribution is 8.76. The molecule has 1 fully saturated rings. The number of nitrogens with two attached hydrogens (primary N) is 3. The van der Waals surface area contributed by atoms with Crippen LogP contribution in [0.5, 0.6) is 11.5 Å². The Hall–Kier alpha value is -9.20. The maximum atomic E-state index is 14.7. The molecule has 2 heterocycles. The third-order valence-corrected chi connectivity index (χ3v) is 15.5. The smallest absolute Gasteiger partial charge is 0.490 e. The van der Waals surface area contributed by atoms with Gasteiger partial charge in [0.05, 0.1) is 22.1 Å². The molecule has 3 aromatic carbocycles. The number of carbonyl (C=O) groups excluding carboxylic acids is 5. The predicted octanol–water partition coefficient (Wildman–Crippen LogP) is 5.55. The molecule has 1 aliphatic carbocycles. The summed E-state index contributed by atoms with van der Waals surface area (Å²) in [5.41, 5.74) is 22.2. The molecule has 96 heavy (non-hydrogen) atoms. The number of amides is 5. The zero-order chi connectivity index (χ0) is 73.3. The van der Waals surface area contributed by atoms with Crippen molar-refractivity contribution < 1.29 is 126 Å². The fourth-order valence-corrected chi connectivity index (χ4v) is 10.9. The number of likely N-dealkylation sites (N-methyl/N-ethyl adjacent to an activating group) is 1. The lowest BCUT2D eigenvalue weighted by Crippen LogP contribution is -2.56. The number of alkyl halides is 12. The van der Waals surface area contributed by atoms with Crippen LogP contribution in [0, 0.1) is 18.3 Å². The molecule has 1 saturated carbocycles. The van der Waals surface area contributed by atoms with Crippen molar-refractivity contribution in [1.29, 1.82) is 5.26 Å². The standard InChI is InChI=1S/C48H59N11O7S2.4C2HF3O2/c1-28-36(27-54-42(55-28)31-7-10-33(11-8-31)48(68-67-4)15-5-16-48)44(61)57-37(14-17-49)47(64)59(3)41-32-9-13-40(66-23-20-52)35(26-32)34-24-30(6-12-39(34)65-22-19-51)25-38(45(62)53-21-18-50)58-43(60)29(2)56-46(41)63;4*3-2(4,5)1(6)7/h6-13,24,26-27,29,37-38,41H,5,14-17,19-23,25,49,51-52H2,1-4H3,(H,53,62)(H,56,63)(H,57,61)(H,58,60);4*(H,6,7)/t29-,37-,38-,41-;;;;/m0..../s1. The molecule has 0 unspecified atom stereocenters. The quantitative estimate of drug-likeness (QED) is 0.0330. The predicted molar refractivity (Wildman–Crippen MR) is 317 cm³/mol. The monoisotopic (exact) mass is 1420 g/mol. The van der Waals surface area contributed by atoms with E-state index in [4.69, 9.17) is 66.3 Å². The first-order valence-electron chi connectivity index (χ1n) is 27.4. The van der Waals surface area contributed by atoms with Crippen LogP contribution in [0.2, 0.25) is 0 Å². The van der Waals surface area contributed by atoms with Gasteiger partial charge in [0.15, 0.2) is 5.82 Å². The minimum Gasteiger partial charge on any atom is -0.492 e. The van der Waals surface area contributed by atoms with Gasteiger partial charge < -0.3 is 73.3 Å². The summed E-state index contributed by atoms with van der Waals surface area (Å²) in [7, 11) is 5.08. The zero-order valence-corrected chi connectivity index (χ0v) is 52.2. The van der Waals surface area contributed by atoms with Crippen molar-refractivity contribution in [3.05, 3.63) is 94.8 Å². The number of halogens is 12. The number of nitriles is 1. The Bertz CT molecular complexity index is 3320. The first-order valence-corrected chi connectivity index (χ1v) is 29.9. The molecule has 528 valence electrons. The largest absolute Gasteiger partial charge is 0.492 e. The van der Waals surface area contributed by atoms with E-state index >= 15 is 0 Å². The summed E-state index contributed by atoms with van der Waals surface area (Å²) >= 11 is 0. The van der Waals surface area contributed by atoms with E-state index in [9.17, 15) is 81.9 Å². The summed E-state index contributed by atoms with van der Waals surface area (Å²) in [6, 6.07) is 15.3. The van der Waals surface area contributed by atoms with Crippen LogP contribution in [0.25, 0.3) is 22.5 Å². The van der Waals surface area contributed by atoms with E-state index < -0.39 is 102 Å². The first kappa shape index (κ1) is 82.9. The maximum absolute atomic E-state index is 14.7. The van der Waals surface area contributed by atoms with Gasteiger partial charge in [0, 0.05) is 49.4 Å². The minimum atomic E-state index is -5.08. The van der Waals surface area contributed by atoms with E-state index in [0.29, 0.717) is 45.3 Å².